The van der Waals surface area contributed by atoms with Gasteiger partial charge >= 0.3 is 11.9 Å². The molecule has 1 aliphatic carbocycles. The molecule has 0 spiro atoms. The molecular formula is C24H26O10. The fraction of sp³-hybridized carbons (Fsp3) is 0.333. The van der Waals surface area contributed by atoms with Crippen molar-refractivity contribution in [3.63, 3.8) is 0 Å². The predicted molar refractivity (Wildman–Crippen MR) is 120 cm³/mol. The molecule has 0 fully saturated rings. The predicted octanol–water partition coefficient (Wildman–Crippen LogP) is 2.62. The zero-order chi connectivity index (χ0) is 25.2. The molecule has 10 heteroatoms. The molecule has 0 saturated heterocycles. The van der Waals surface area contributed by atoms with E-state index in [1.165, 1.54) is 60.9 Å². The molecule has 1 aliphatic rings. The molecule has 0 unspecified atom stereocenters. The van der Waals surface area contributed by atoms with E-state index in [4.69, 9.17) is 28.4 Å². The number of hydrogen-bond acceptors (Lipinski definition) is 10. The minimum atomic E-state index is -1.15. The second-order valence-electron chi connectivity index (χ2n) is 7.31. The van der Waals surface area contributed by atoms with Crippen molar-refractivity contribution < 1.29 is 48.2 Å². The van der Waals surface area contributed by atoms with E-state index in [1.807, 2.05) is 0 Å². The van der Waals surface area contributed by atoms with Crippen LogP contribution >= 0.6 is 0 Å². The lowest BCUT2D eigenvalue weighted by molar-refractivity contribution is -0.147. The normalized spacial score (nSPS) is 16.6. The summed E-state index contributed by atoms with van der Waals surface area (Å²) in [7, 11) is 7.87. The van der Waals surface area contributed by atoms with Crippen molar-refractivity contribution in [3.05, 3.63) is 40.5 Å². The molecule has 2 aromatic carbocycles. The highest BCUT2D eigenvalue weighted by molar-refractivity contribution is 6.02. The van der Waals surface area contributed by atoms with Crippen molar-refractivity contribution >= 4 is 18.0 Å². The summed E-state index contributed by atoms with van der Waals surface area (Å²) >= 11 is 0. The highest BCUT2D eigenvalue weighted by atomic mass is 16.5. The van der Waals surface area contributed by atoms with Gasteiger partial charge in [0, 0.05) is 11.5 Å². The molecule has 182 valence electrons. The number of phenols is 2. The summed E-state index contributed by atoms with van der Waals surface area (Å²) in [5.41, 5.74) is 1.27. The average Bonchev–Trinajstić information content (AvgIpc) is 2.86. The minimum absolute atomic E-state index is 0.0132. The summed E-state index contributed by atoms with van der Waals surface area (Å²) in [4.78, 5) is 25.8. The lowest BCUT2D eigenvalue weighted by Gasteiger charge is -2.33. The standard InChI is InChI=1S/C24H26O10/c1-29-15-7-11(8-16(30-2)20(15)25)18-12-10-17(31-3)21(26)22(32-4)13(12)9-14(23(27)33-5)19(18)24(28)34-6/h7-10,18-19,25-26H,1-6H3/t18-,19-/m1/s1. The number of hydrogen-bond donors (Lipinski definition) is 2. The second-order valence-corrected chi connectivity index (χ2v) is 7.31. The molecule has 34 heavy (non-hydrogen) atoms. The molecule has 0 saturated carbocycles. The Bertz CT molecular complexity index is 1130. The van der Waals surface area contributed by atoms with Gasteiger partial charge in [0.15, 0.2) is 23.0 Å². The van der Waals surface area contributed by atoms with E-state index in [1.54, 1.807) is 6.07 Å². The zero-order valence-corrected chi connectivity index (χ0v) is 19.6. The van der Waals surface area contributed by atoms with Crippen LogP contribution in [0.25, 0.3) is 6.08 Å². The van der Waals surface area contributed by atoms with Crippen LogP contribution in [0.1, 0.15) is 22.6 Å². The number of rotatable bonds is 7. The van der Waals surface area contributed by atoms with Crippen LogP contribution in [-0.4, -0.2) is 64.8 Å². The molecule has 10 nitrogen and oxygen atoms in total. The Morgan fingerprint density at radius 2 is 1.32 bits per heavy atom. The number of phenolic OH excluding ortho intramolecular Hbond substituents is 2. The van der Waals surface area contributed by atoms with Crippen molar-refractivity contribution in [2.45, 2.75) is 5.92 Å². The first kappa shape index (κ1) is 24.6. The summed E-state index contributed by atoms with van der Waals surface area (Å²) < 4.78 is 31.3. The van der Waals surface area contributed by atoms with Gasteiger partial charge in [-0.05, 0) is 35.4 Å². The monoisotopic (exact) mass is 474 g/mol. The fourth-order valence-corrected chi connectivity index (χ4v) is 4.19. The smallest absolute Gasteiger partial charge is 0.334 e. The van der Waals surface area contributed by atoms with Gasteiger partial charge in [-0.3, -0.25) is 4.79 Å². The Morgan fingerprint density at radius 1 is 0.765 bits per heavy atom. The zero-order valence-electron chi connectivity index (χ0n) is 19.6. The Morgan fingerprint density at radius 3 is 1.79 bits per heavy atom. The largest absolute Gasteiger partial charge is 0.502 e. The lowest BCUT2D eigenvalue weighted by Crippen LogP contribution is -2.33. The van der Waals surface area contributed by atoms with Crippen molar-refractivity contribution in [1.29, 1.82) is 0 Å². The van der Waals surface area contributed by atoms with Gasteiger partial charge in [0.25, 0.3) is 0 Å². The average molecular weight is 474 g/mol. The third-order valence-corrected chi connectivity index (χ3v) is 5.76. The SMILES string of the molecule is COC(=O)C1=Cc2c(cc(OC)c(O)c2OC)[C@@H](c2cc(OC)c(O)c(OC)c2)[C@@H]1C(=O)OC. The lowest BCUT2D eigenvalue weighted by atomic mass is 9.71. The highest BCUT2D eigenvalue weighted by Gasteiger charge is 2.44. The van der Waals surface area contributed by atoms with Crippen molar-refractivity contribution in [2.75, 3.05) is 42.7 Å². The van der Waals surface area contributed by atoms with Gasteiger partial charge in [0.05, 0.1) is 54.1 Å². The summed E-state index contributed by atoms with van der Waals surface area (Å²) in [6.07, 6.45) is 1.42. The van der Waals surface area contributed by atoms with Gasteiger partial charge in [0.1, 0.15) is 0 Å². The molecule has 2 aromatic rings. The number of carbonyl (C=O) groups is 2. The second kappa shape index (κ2) is 9.82. The fourth-order valence-electron chi connectivity index (χ4n) is 4.19. The number of benzene rings is 2. The van der Waals surface area contributed by atoms with E-state index in [0.29, 0.717) is 16.7 Å². The minimum Gasteiger partial charge on any atom is -0.502 e. The summed E-state index contributed by atoms with van der Waals surface area (Å²) in [5, 5.41) is 21.1. The van der Waals surface area contributed by atoms with Gasteiger partial charge in [-0.1, -0.05) is 0 Å². The number of aromatic hydroxyl groups is 2. The summed E-state index contributed by atoms with van der Waals surface area (Å²) in [6.45, 7) is 0. The van der Waals surface area contributed by atoms with Crippen LogP contribution in [0.2, 0.25) is 0 Å². The Labute approximate surface area is 196 Å². The molecule has 2 atom stereocenters. The van der Waals surface area contributed by atoms with Crippen molar-refractivity contribution in [1.82, 2.24) is 0 Å². The van der Waals surface area contributed by atoms with Crippen LogP contribution in [0.3, 0.4) is 0 Å². The topological polar surface area (TPSA) is 130 Å². The number of esters is 2. The van der Waals surface area contributed by atoms with Gasteiger partial charge in [-0.15, -0.1) is 0 Å². The third-order valence-electron chi connectivity index (χ3n) is 5.76. The Kier molecular flexibility index (Phi) is 7.09. The van der Waals surface area contributed by atoms with E-state index < -0.39 is 23.8 Å². The maximum absolute atomic E-state index is 13.0. The molecule has 0 bridgehead atoms. The van der Waals surface area contributed by atoms with Crippen molar-refractivity contribution in [2.24, 2.45) is 5.92 Å². The number of fused-ring (bicyclic) bond motifs is 1. The molecule has 0 aromatic heterocycles. The Hall–Kier alpha value is -4.08. The molecule has 2 N–H and O–H groups in total. The number of carbonyl (C=O) groups excluding carboxylic acids is 2. The number of methoxy groups -OCH3 is 6. The van der Waals surface area contributed by atoms with Crippen LogP contribution in [-0.2, 0) is 19.1 Å². The van der Waals surface area contributed by atoms with E-state index in [0.717, 1.165) is 0 Å². The van der Waals surface area contributed by atoms with Crippen LogP contribution in [0.4, 0.5) is 0 Å². The van der Waals surface area contributed by atoms with Crippen LogP contribution in [0.15, 0.2) is 23.8 Å². The van der Waals surface area contributed by atoms with Gasteiger partial charge < -0.3 is 38.6 Å². The van der Waals surface area contributed by atoms with Gasteiger partial charge in [0.2, 0.25) is 11.5 Å². The molecule has 3 rings (SSSR count). The van der Waals surface area contributed by atoms with Gasteiger partial charge in [-0.25, -0.2) is 4.79 Å². The first-order valence-corrected chi connectivity index (χ1v) is 10.1. The first-order chi connectivity index (χ1) is 16.3. The molecule has 0 aliphatic heterocycles. The quantitative estimate of drug-likeness (QED) is 0.578. The number of ether oxygens (including phenoxy) is 6. The summed E-state index contributed by atoms with van der Waals surface area (Å²) in [5.74, 6) is -3.68. The summed E-state index contributed by atoms with van der Waals surface area (Å²) in [6, 6.07) is 4.59. The van der Waals surface area contributed by atoms with Crippen LogP contribution in [0, 0.1) is 5.92 Å². The molecule has 0 amide bonds. The van der Waals surface area contributed by atoms with E-state index in [9.17, 15) is 19.8 Å². The maximum Gasteiger partial charge on any atom is 0.334 e. The third kappa shape index (κ3) is 3.91. The molecule has 0 heterocycles. The van der Waals surface area contributed by atoms with E-state index in [2.05, 4.69) is 0 Å². The van der Waals surface area contributed by atoms with Crippen LogP contribution in [0.5, 0.6) is 34.5 Å². The molecule has 0 radical (unpaired) electrons. The highest BCUT2D eigenvalue weighted by Crippen LogP contribution is 2.53. The van der Waals surface area contributed by atoms with Gasteiger partial charge in [-0.2, -0.15) is 0 Å². The maximum atomic E-state index is 13.0. The van der Waals surface area contributed by atoms with E-state index in [-0.39, 0.29) is 40.1 Å². The first-order valence-electron chi connectivity index (χ1n) is 10.1. The van der Waals surface area contributed by atoms with Crippen molar-refractivity contribution in [3.8, 4) is 34.5 Å². The Balaban J connectivity index is 2.47. The van der Waals surface area contributed by atoms with E-state index >= 15 is 0 Å². The van der Waals surface area contributed by atoms with Crippen LogP contribution < -0.4 is 18.9 Å². The molecular weight excluding hydrogens is 448 g/mol.